The molecule has 1 aliphatic heterocycles. The highest BCUT2D eigenvalue weighted by atomic mass is 32.1. The summed E-state index contributed by atoms with van der Waals surface area (Å²) < 4.78 is 5.44. The van der Waals surface area contributed by atoms with Gasteiger partial charge in [0.2, 0.25) is 0 Å². The van der Waals surface area contributed by atoms with Gasteiger partial charge >= 0.3 is 0 Å². The minimum atomic E-state index is -0.0144. The third kappa shape index (κ3) is 2.38. The van der Waals surface area contributed by atoms with E-state index in [1.54, 1.807) is 7.11 Å². The molecule has 0 saturated carbocycles. The molecule has 2 aromatic rings. The van der Waals surface area contributed by atoms with Crippen LogP contribution in [0.2, 0.25) is 0 Å². The van der Waals surface area contributed by atoms with Crippen LogP contribution in [-0.4, -0.2) is 19.4 Å². The van der Waals surface area contributed by atoms with E-state index in [-0.39, 0.29) is 5.78 Å². The molecule has 0 fully saturated rings. The second kappa shape index (κ2) is 5.41. The quantitative estimate of drug-likeness (QED) is 0.885. The van der Waals surface area contributed by atoms with Crippen molar-refractivity contribution in [3.8, 4) is 5.75 Å². The van der Waals surface area contributed by atoms with Gasteiger partial charge in [-0.15, -0.1) is 11.3 Å². The third-order valence-corrected chi connectivity index (χ3v) is 5.17. The Labute approximate surface area is 128 Å². The van der Waals surface area contributed by atoms with E-state index in [4.69, 9.17) is 10.5 Å². The van der Waals surface area contributed by atoms with Crippen LogP contribution in [0.25, 0.3) is 0 Å². The topological polar surface area (TPSA) is 55.6 Å². The van der Waals surface area contributed by atoms with E-state index < -0.39 is 0 Å². The van der Waals surface area contributed by atoms with Crippen LogP contribution in [0.4, 0.5) is 10.7 Å². The second-order valence-electron chi connectivity index (χ2n) is 5.18. The normalized spacial score (nSPS) is 13.9. The smallest absolute Gasteiger partial charge is 0.177 e. The van der Waals surface area contributed by atoms with Gasteiger partial charge in [-0.3, -0.25) is 4.79 Å². The standard InChI is InChI=1S/C16H18N2O2S/c1-10(19)15-13(17)14(20-2)16(21-15)18-8-7-11-5-3-4-6-12(11)9-18/h3-6H,7-9,17H2,1-2H3. The molecule has 2 heterocycles. The number of thiophene rings is 1. The fourth-order valence-corrected chi connectivity index (χ4v) is 3.86. The van der Waals surface area contributed by atoms with E-state index in [1.807, 2.05) is 0 Å². The van der Waals surface area contributed by atoms with E-state index in [2.05, 4.69) is 29.2 Å². The first kappa shape index (κ1) is 13.9. The Kier molecular flexibility index (Phi) is 3.59. The van der Waals surface area contributed by atoms with Gasteiger partial charge in [0.1, 0.15) is 5.00 Å². The maximum Gasteiger partial charge on any atom is 0.177 e. The number of carbonyl (C=O) groups excluding carboxylic acids is 1. The largest absolute Gasteiger partial charge is 0.492 e. The Bertz CT molecular complexity index is 694. The van der Waals surface area contributed by atoms with E-state index in [0.717, 1.165) is 24.5 Å². The number of fused-ring (bicyclic) bond motifs is 1. The molecule has 0 unspecified atom stereocenters. The number of nitrogen functional groups attached to an aromatic ring is 1. The summed E-state index contributed by atoms with van der Waals surface area (Å²) in [5.41, 5.74) is 9.23. The third-order valence-electron chi connectivity index (χ3n) is 3.82. The summed E-state index contributed by atoms with van der Waals surface area (Å²) in [4.78, 5) is 14.5. The van der Waals surface area contributed by atoms with Gasteiger partial charge in [0.15, 0.2) is 11.5 Å². The SMILES string of the molecule is COc1c(N2CCc3ccccc3C2)sc(C(C)=O)c1N. The number of carbonyl (C=O) groups is 1. The van der Waals surface area contributed by atoms with Crippen LogP contribution in [-0.2, 0) is 13.0 Å². The van der Waals surface area contributed by atoms with Crippen LogP contribution in [0.3, 0.4) is 0 Å². The zero-order chi connectivity index (χ0) is 15.0. The van der Waals surface area contributed by atoms with Crippen molar-refractivity contribution in [2.45, 2.75) is 19.9 Å². The Morgan fingerprint density at radius 2 is 2.05 bits per heavy atom. The molecule has 3 rings (SSSR count). The van der Waals surface area contributed by atoms with Crippen LogP contribution in [0.1, 0.15) is 27.7 Å². The van der Waals surface area contributed by atoms with E-state index in [9.17, 15) is 4.79 Å². The molecule has 21 heavy (non-hydrogen) atoms. The molecule has 0 amide bonds. The average molecular weight is 302 g/mol. The van der Waals surface area contributed by atoms with Gasteiger partial charge in [0.05, 0.1) is 17.7 Å². The minimum Gasteiger partial charge on any atom is -0.492 e. The van der Waals surface area contributed by atoms with Crippen LogP contribution in [0.5, 0.6) is 5.75 Å². The Morgan fingerprint density at radius 1 is 1.33 bits per heavy atom. The molecular weight excluding hydrogens is 284 g/mol. The molecule has 1 aromatic carbocycles. The van der Waals surface area contributed by atoms with Gasteiger partial charge in [-0.05, 0) is 17.5 Å². The summed E-state index contributed by atoms with van der Waals surface area (Å²) in [6.07, 6.45) is 0.993. The predicted octanol–water partition coefficient (Wildman–Crippen LogP) is 3.10. The van der Waals surface area contributed by atoms with E-state index >= 15 is 0 Å². The zero-order valence-corrected chi connectivity index (χ0v) is 13.0. The van der Waals surface area contributed by atoms with Crippen LogP contribution in [0.15, 0.2) is 24.3 Å². The molecule has 1 aromatic heterocycles. The maximum atomic E-state index is 11.7. The number of anilines is 2. The van der Waals surface area contributed by atoms with Crippen LogP contribution < -0.4 is 15.4 Å². The lowest BCUT2D eigenvalue weighted by Gasteiger charge is -2.30. The van der Waals surface area contributed by atoms with Crippen molar-refractivity contribution in [3.05, 3.63) is 40.3 Å². The monoisotopic (exact) mass is 302 g/mol. The fraction of sp³-hybridized carbons (Fsp3) is 0.312. The predicted molar refractivity (Wildman–Crippen MR) is 86.5 cm³/mol. The number of hydrogen-bond acceptors (Lipinski definition) is 5. The van der Waals surface area contributed by atoms with Crippen molar-refractivity contribution < 1.29 is 9.53 Å². The number of methoxy groups -OCH3 is 1. The molecule has 1 aliphatic rings. The van der Waals surface area contributed by atoms with E-state index in [0.29, 0.717) is 16.3 Å². The number of ketones is 1. The fourth-order valence-electron chi connectivity index (χ4n) is 2.75. The number of rotatable bonds is 3. The molecule has 0 spiro atoms. The van der Waals surface area contributed by atoms with Crippen LogP contribution in [0, 0.1) is 0 Å². The minimum absolute atomic E-state index is 0.0144. The zero-order valence-electron chi connectivity index (χ0n) is 12.2. The first-order valence-electron chi connectivity index (χ1n) is 6.90. The molecule has 0 atom stereocenters. The van der Waals surface area contributed by atoms with Gasteiger partial charge in [0, 0.05) is 20.0 Å². The van der Waals surface area contributed by atoms with Crippen molar-refractivity contribution in [2.75, 3.05) is 24.3 Å². The summed E-state index contributed by atoms with van der Waals surface area (Å²) >= 11 is 1.43. The van der Waals surface area contributed by atoms with Gasteiger partial charge in [0.25, 0.3) is 0 Å². The molecular formula is C16H18N2O2S. The molecule has 0 aliphatic carbocycles. The Balaban J connectivity index is 1.98. The maximum absolute atomic E-state index is 11.7. The number of ether oxygens (including phenoxy) is 1. The highest BCUT2D eigenvalue weighted by Gasteiger charge is 2.25. The molecule has 0 bridgehead atoms. The van der Waals surface area contributed by atoms with Crippen molar-refractivity contribution >= 4 is 27.8 Å². The first-order chi connectivity index (χ1) is 10.1. The lowest BCUT2D eigenvalue weighted by atomic mass is 10.0. The number of nitrogens with two attached hydrogens (primary N) is 1. The summed E-state index contributed by atoms with van der Waals surface area (Å²) in [6.45, 7) is 3.27. The van der Waals surface area contributed by atoms with E-state index in [1.165, 1.54) is 29.4 Å². The number of Topliss-reactive ketones (excluding diaryl/α,β-unsaturated/α-hetero) is 1. The van der Waals surface area contributed by atoms with Gasteiger partial charge in [-0.25, -0.2) is 0 Å². The average Bonchev–Trinajstić information content (AvgIpc) is 2.83. The van der Waals surface area contributed by atoms with Crippen molar-refractivity contribution in [2.24, 2.45) is 0 Å². The van der Waals surface area contributed by atoms with Gasteiger partial charge in [-0.1, -0.05) is 24.3 Å². The van der Waals surface area contributed by atoms with Gasteiger partial charge < -0.3 is 15.4 Å². The highest BCUT2D eigenvalue weighted by Crippen LogP contribution is 2.46. The van der Waals surface area contributed by atoms with Gasteiger partial charge in [-0.2, -0.15) is 0 Å². The number of nitrogens with zero attached hydrogens (tertiary/aromatic N) is 1. The van der Waals surface area contributed by atoms with Crippen molar-refractivity contribution in [1.82, 2.24) is 0 Å². The van der Waals surface area contributed by atoms with Crippen LogP contribution >= 0.6 is 11.3 Å². The summed E-state index contributed by atoms with van der Waals surface area (Å²) in [5.74, 6) is 0.615. The molecule has 5 heteroatoms. The Morgan fingerprint density at radius 3 is 2.71 bits per heavy atom. The van der Waals surface area contributed by atoms with Crippen molar-refractivity contribution in [3.63, 3.8) is 0 Å². The summed E-state index contributed by atoms with van der Waals surface area (Å²) in [6, 6.07) is 8.46. The number of benzene rings is 1. The molecule has 0 radical (unpaired) electrons. The van der Waals surface area contributed by atoms with Crippen molar-refractivity contribution in [1.29, 1.82) is 0 Å². The lowest BCUT2D eigenvalue weighted by Crippen LogP contribution is -2.29. The highest BCUT2D eigenvalue weighted by molar-refractivity contribution is 7.19. The molecule has 0 saturated heterocycles. The lowest BCUT2D eigenvalue weighted by molar-refractivity contribution is 0.102. The Hall–Kier alpha value is -2.01. The summed E-state index contributed by atoms with van der Waals surface area (Å²) in [5, 5.41) is 0.953. The molecule has 2 N–H and O–H groups in total. The molecule has 4 nitrogen and oxygen atoms in total. The number of hydrogen-bond donors (Lipinski definition) is 1. The first-order valence-corrected chi connectivity index (χ1v) is 7.72. The molecule has 110 valence electrons. The summed E-state index contributed by atoms with van der Waals surface area (Å²) in [7, 11) is 1.60. The second-order valence-corrected chi connectivity index (χ2v) is 6.18.